The Morgan fingerprint density at radius 1 is 1.38 bits per heavy atom. The average Bonchev–Trinajstić information content (AvgIpc) is 2.25. The lowest BCUT2D eigenvalue weighted by molar-refractivity contribution is 0.165. The van der Waals surface area contributed by atoms with Gasteiger partial charge in [0.2, 0.25) is 0 Å². The van der Waals surface area contributed by atoms with Gasteiger partial charge in [-0.3, -0.25) is 4.90 Å². The van der Waals surface area contributed by atoms with Gasteiger partial charge in [-0.1, -0.05) is 40.2 Å². The number of hydrogen-bond donors (Lipinski definition) is 0. The summed E-state index contributed by atoms with van der Waals surface area (Å²) in [4.78, 5) is 2.46. The molecular weight excluding hydrogens is 262 g/mol. The lowest BCUT2D eigenvalue weighted by Crippen LogP contribution is -2.45. The molecule has 1 aliphatic carbocycles. The number of fused-ring (bicyclic) bond motifs is 1. The third kappa shape index (κ3) is 2.18. The van der Waals surface area contributed by atoms with Gasteiger partial charge in [0.15, 0.2) is 0 Å². The van der Waals surface area contributed by atoms with Gasteiger partial charge in [-0.15, -0.1) is 0 Å². The third-order valence-electron chi connectivity index (χ3n) is 3.82. The molecule has 0 spiro atoms. The van der Waals surface area contributed by atoms with Gasteiger partial charge in [0.1, 0.15) is 0 Å². The second kappa shape index (κ2) is 4.50. The Morgan fingerprint density at radius 2 is 2.06 bits per heavy atom. The Labute approximate surface area is 107 Å². The fourth-order valence-corrected chi connectivity index (χ4v) is 2.63. The molecule has 16 heavy (non-hydrogen) atoms. The van der Waals surface area contributed by atoms with Crippen molar-refractivity contribution in [2.75, 3.05) is 18.9 Å². The van der Waals surface area contributed by atoms with Crippen LogP contribution < -0.4 is 0 Å². The van der Waals surface area contributed by atoms with Gasteiger partial charge in [-0.05, 0) is 38.4 Å². The van der Waals surface area contributed by atoms with E-state index in [2.05, 4.69) is 66.0 Å². The van der Waals surface area contributed by atoms with Crippen molar-refractivity contribution in [3.05, 3.63) is 35.4 Å². The highest BCUT2D eigenvalue weighted by atomic mass is 79.9. The van der Waals surface area contributed by atoms with Crippen molar-refractivity contribution in [1.29, 1.82) is 0 Å². The van der Waals surface area contributed by atoms with Crippen LogP contribution in [0.4, 0.5) is 0 Å². The molecule has 1 atom stereocenters. The number of benzene rings is 1. The number of alkyl halides is 1. The highest BCUT2D eigenvalue weighted by Crippen LogP contribution is 2.36. The molecule has 0 N–H and O–H groups in total. The summed E-state index contributed by atoms with van der Waals surface area (Å²) in [6, 6.07) is 8.82. The standard InChI is InChI=1S/C14H20BrN/c1-14(2,10-15)16(3)9-12-8-11-6-4-5-7-13(11)12/h4-7,12H,8-10H2,1-3H3. The average molecular weight is 282 g/mol. The van der Waals surface area contributed by atoms with Gasteiger partial charge in [-0.25, -0.2) is 0 Å². The van der Waals surface area contributed by atoms with Crippen LogP contribution in [0, 0.1) is 0 Å². The largest absolute Gasteiger partial charge is 0.300 e. The van der Waals surface area contributed by atoms with Gasteiger partial charge >= 0.3 is 0 Å². The first-order valence-corrected chi connectivity index (χ1v) is 7.02. The predicted octanol–water partition coefficient (Wildman–Crippen LogP) is 3.43. The van der Waals surface area contributed by atoms with Gasteiger partial charge in [-0.2, -0.15) is 0 Å². The summed E-state index contributed by atoms with van der Waals surface area (Å²) in [5.41, 5.74) is 3.34. The third-order valence-corrected chi connectivity index (χ3v) is 5.19. The van der Waals surface area contributed by atoms with Crippen LogP contribution >= 0.6 is 15.9 Å². The zero-order valence-electron chi connectivity index (χ0n) is 10.3. The molecule has 2 heteroatoms. The van der Waals surface area contributed by atoms with E-state index in [0.29, 0.717) is 0 Å². The van der Waals surface area contributed by atoms with Crippen LogP contribution in [0.3, 0.4) is 0 Å². The second-order valence-corrected chi connectivity index (χ2v) is 5.99. The summed E-state index contributed by atoms with van der Waals surface area (Å²) in [7, 11) is 2.22. The molecule has 0 bridgehead atoms. The van der Waals surface area contributed by atoms with E-state index in [-0.39, 0.29) is 5.54 Å². The van der Waals surface area contributed by atoms with Crippen molar-refractivity contribution in [2.24, 2.45) is 0 Å². The molecular formula is C14H20BrN. The quantitative estimate of drug-likeness (QED) is 0.765. The smallest absolute Gasteiger partial charge is 0.0247 e. The lowest BCUT2D eigenvalue weighted by Gasteiger charge is -2.40. The Morgan fingerprint density at radius 3 is 2.69 bits per heavy atom. The summed E-state index contributed by atoms with van der Waals surface area (Å²) in [6.45, 7) is 5.73. The van der Waals surface area contributed by atoms with E-state index in [1.807, 2.05) is 0 Å². The summed E-state index contributed by atoms with van der Waals surface area (Å²) < 4.78 is 0. The van der Waals surface area contributed by atoms with Crippen LogP contribution in [-0.4, -0.2) is 29.4 Å². The van der Waals surface area contributed by atoms with Crippen molar-refractivity contribution < 1.29 is 0 Å². The van der Waals surface area contributed by atoms with E-state index in [9.17, 15) is 0 Å². The topological polar surface area (TPSA) is 3.24 Å². The molecule has 2 rings (SSSR count). The van der Waals surface area contributed by atoms with Gasteiger partial charge in [0.05, 0.1) is 0 Å². The minimum atomic E-state index is 0.241. The van der Waals surface area contributed by atoms with E-state index in [0.717, 1.165) is 17.8 Å². The van der Waals surface area contributed by atoms with Crippen molar-refractivity contribution >= 4 is 15.9 Å². The number of nitrogens with zero attached hydrogens (tertiary/aromatic N) is 1. The van der Waals surface area contributed by atoms with Crippen molar-refractivity contribution in [2.45, 2.75) is 31.7 Å². The van der Waals surface area contributed by atoms with Crippen LogP contribution in [-0.2, 0) is 6.42 Å². The van der Waals surface area contributed by atoms with E-state index in [1.165, 1.54) is 12.0 Å². The Hall–Kier alpha value is -0.340. The van der Waals surface area contributed by atoms with E-state index in [4.69, 9.17) is 0 Å². The predicted molar refractivity (Wildman–Crippen MR) is 73.4 cm³/mol. The van der Waals surface area contributed by atoms with Crippen LogP contribution in [0.1, 0.15) is 30.9 Å². The van der Waals surface area contributed by atoms with Gasteiger partial charge in [0.25, 0.3) is 0 Å². The van der Waals surface area contributed by atoms with E-state index < -0.39 is 0 Å². The number of hydrogen-bond acceptors (Lipinski definition) is 1. The zero-order valence-corrected chi connectivity index (χ0v) is 11.9. The molecule has 88 valence electrons. The number of halogens is 1. The maximum atomic E-state index is 3.59. The van der Waals surface area contributed by atoms with E-state index in [1.54, 1.807) is 5.56 Å². The second-order valence-electron chi connectivity index (χ2n) is 5.43. The highest BCUT2D eigenvalue weighted by Gasteiger charge is 2.30. The van der Waals surface area contributed by atoms with Gasteiger partial charge < -0.3 is 0 Å². The van der Waals surface area contributed by atoms with Crippen LogP contribution in [0.5, 0.6) is 0 Å². The molecule has 1 nitrogen and oxygen atoms in total. The molecule has 0 radical (unpaired) electrons. The summed E-state index contributed by atoms with van der Waals surface area (Å²) in [5.74, 6) is 0.736. The molecule has 0 saturated heterocycles. The monoisotopic (exact) mass is 281 g/mol. The van der Waals surface area contributed by atoms with E-state index >= 15 is 0 Å². The number of rotatable bonds is 4. The molecule has 1 unspecified atom stereocenters. The molecule has 1 aromatic carbocycles. The van der Waals surface area contributed by atoms with Crippen molar-refractivity contribution in [1.82, 2.24) is 4.90 Å². The number of likely N-dealkylation sites (N-methyl/N-ethyl adjacent to an activating group) is 1. The first-order valence-electron chi connectivity index (χ1n) is 5.89. The fraction of sp³-hybridized carbons (Fsp3) is 0.571. The summed E-state index contributed by atoms with van der Waals surface area (Å²) in [6.07, 6.45) is 1.25. The first kappa shape index (κ1) is 12.1. The molecule has 0 heterocycles. The van der Waals surface area contributed by atoms with Crippen molar-refractivity contribution in [3.8, 4) is 0 Å². The minimum absolute atomic E-state index is 0.241. The molecule has 1 aromatic rings. The maximum Gasteiger partial charge on any atom is 0.0247 e. The lowest BCUT2D eigenvalue weighted by atomic mass is 9.77. The SMILES string of the molecule is CN(CC1Cc2ccccc21)C(C)(C)CBr. The molecule has 1 aliphatic rings. The molecule has 0 aromatic heterocycles. The molecule has 0 saturated carbocycles. The molecule has 0 amide bonds. The van der Waals surface area contributed by atoms with Crippen LogP contribution in [0.25, 0.3) is 0 Å². The molecule has 0 fully saturated rings. The van der Waals surface area contributed by atoms with Crippen LogP contribution in [0.15, 0.2) is 24.3 Å². The van der Waals surface area contributed by atoms with Crippen molar-refractivity contribution in [3.63, 3.8) is 0 Å². The Kier molecular flexibility index (Phi) is 3.41. The first-order chi connectivity index (χ1) is 7.54. The maximum absolute atomic E-state index is 3.59. The molecule has 0 aliphatic heterocycles. The fourth-order valence-electron chi connectivity index (χ4n) is 2.21. The highest BCUT2D eigenvalue weighted by molar-refractivity contribution is 9.09. The minimum Gasteiger partial charge on any atom is -0.300 e. The Bertz CT molecular complexity index is 373. The Balaban J connectivity index is 1.99. The van der Waals surface area contributed by atoms with Gasteiger partial charge in [0, 0.05) is 23.3 Å². The van der Waals surface area contributed by atoms with Crippen LogP contribution in [0.2, 0.25) is 0 Å². The zero-order chi connectivity index (χ0) is 11.8. The normalized spacial score (nSPS) is 19.4. The summed E-state index contributed by atoms with van der Waals surface area (Å²) >= 11 is 3.59. The summed E-state index contributed by atoms with van der Waals surface area (Å²) in [5, 5.41) is 1.02.